The molecule has 0 unspecified atom stereocenters. The number of aromatic nitrogens is 1. The summed E-state index contributed by atoms with van der Waals surface area (Å²) in [6, 6.07) is 19.7. The van der Waals surface area contributed by atoms with Gasteiger partial charge in [0.25, 0.3) is 5.91 Å². The number of carbonyl (C=O) groups excluding carboxylic acids is 1. The first-order valence-electron chi connectivity index (χ1n) is 8.48. The largest absolute Gasteiger partial charge is 0.365 e. The maximum atomic E-state index is 13.0. The lowest BCUT2D eigenvalue weighted by Crippen LogP contribution is -2.26. The first-order chi connectivity index (χ1) is 12.7. The van der Waals surface area contributed by atoms with Gasteiger partial charge in [0.2, 0.25) is 0 Å². The Morgan fingerprint density at radius 3 is 2.46 bits per heavy atom. The van der Waals surface area contributed by atoms with Gasteiger partial charge in [0.1, 0.15) is 11.6 Å². The van der Waals surface area contributed by atoms with E-state index >= 15 is 0 Å². The van der Waals surface area contributed by atoms with Crippen LogP contribution in [0.3, 0.4) is 0 Å². The van der Waals surface area contributed by atoms with E-state index in [0.717, 1.165) is 12.0 Å². The first-order valence-corrected chi connectivity index (χ1v) is 8.48. The van der Waals surface area contributed by atoms with E-state index in [9.17, 15) is 9.18 Å². The molecule has 0 aliphatic heterocycles. The third-order valence-corrected chi connectivity index (χ3v) is 3.97. The molecule has 0 aliphatic carbocycles. The maximum Gasteiger partial charge on any atom is 0.255 e. The normalized spacial score (nSPS) is 10.3. The van der Waals surface area contributed by atoms with Crippen molar-refractivity contribution in [3.05, 3.63) is 95.4 Å². The van der Waals surface area contributed by atoms with E-state index in [1.165, 1.54) is 17.7 Å². The molecule has 0 atom stereocenters. The molecule has 1 amide bonds. The summed E-state index contributed by atoms with van der Waals surface area (Å²) in [4.78, 5) is 16.7. The number of carbonyl (C=O) groups is 1. The quantitative estimate of drug-likeness (QED) is 0.682. The highest BCUT2D eigenvalue weighted by Gasteiger charge is 2.11. The molecule has 0 saturated carbocycles. The van der Waals surface area contributed by atoms with Crippen LogP contribution in [0.5, 0.6) is 0 Å². The van der Waals surface area contributed by atoms with Gasteiger partial charge in [-0.15, -0.1) is 0 Å². The fourth-order valence-corrected chi connectivity index (χ4v) is 2.58. The number of amides is 1. The Kier molecular flexibility index (Phi) is 5.93. The highest BCUT2D eigenvalue weighted by Crippen LogP contribution is 2.13. The molecule has 4 nitrogen and oxygen atoms in total. The predicted octanol–water partition coefficient (Wildman–Crippen LogP) is 3.81. The fraction of sp³-hybridized carbons (Fsp3) is 0.143. The molecule has 2 aromatic carbocycles. The minimum absolute atomic E-state index is 0.171. The summed E-state index contributed by atoms with van der Waals surface area (Å²) in [5, 5.41) is 6.07. The van der Waals surface area contributed by atoms with Gasteiger partial charge in [-0.25, -0.2) is 9.37 Å². The third kappa shape index (κ3) is 4.89. The van der Waals surface area contributed by atoms with E-state index in [-0.39, 0.29) is 11.7 Å². The van der Waals surface area contributed by atoms with E-state index < -0.39 is 0 Å². The zero-order valence-electron chi connectivity index (χ0n) is 14.3. The monoisotopic (exact) mass is 349 g/mol. The molecule has 1 aromatic heterocycles. The Morgan fingerprint density at radius 1 is 0.923 bits per heavy atom. The van der Waals surface area contributed by atoms with Gasteiger partial charge in [0.15, 0.2) is 0 Å². The summed E-state index contributed by atoms with van der Waals surface area (Å²) >= 11 is 0. The van der Waals surface area contributed by atoms with Gasteiger partial charge in [-0.3, -0.25) is 4.79 Å². The van der Waals surface area contributed by atoms with Crippen LogP contribution in [0.1, 0.15) is 21.5 Å². The molecule has 0 aliphatic rings. The number of nitrogens with zero attached hydrogens (tertiary/aromatic N) is 1. The van der Waals surface area contributed by atoms with Crippen molar-refractivity contribution in [1.29, 1.82) is 0 Å². The number of benzene rings is 2. The van der Waals surface area contributed by atoms with E-state index in [1.807, 2.05) is 30.3 Å². The van der Waals surface area contributed by atoms with Crippen LogP contribution in [0.4, 0.5) is 10.2 Å². The lowest BCUT2D eigenvalue weighted by Gasteiger charge is -2.11. The Hall–Kier alpha value is -3.21. The number of halogens is 1. The van der Waals surface area contributed by atoms with E-state index in [1.54, 1.807) is 30.5 Å². The van der Waals surface area contributed by atoms with Gasteiger partial charge in [0.05, 0.1) is 5.56 Å². The fourth-order valence-electron chi connectivity index (χ4n) is 2.58. The summed E-state index contributed by atoms with van der Waals surface area (Å²) in [5.74, 6) is 0.0646. The molecule has 2 N–H and O–H groups in total. The minimum atomic E-state index is -0.273. The van der Waals surface area contributed by atoms with Crippen molar-refractivity contribution in [1.82, 2.24) is 10.3 Å². The molecule has 0 bridgehead atoms. The van der Waals surface area contributed by atoms with E-state index in [2.05, 4.69) is 15.6 Å². The number of anilines is 1. The SMILES string of the molecule is O=C(NCCc1ccccc1)c1cccnc1NCc1ccc(F)cc1. The van der Waals surface area contributed by atoms with Crippen LogP contribution < -0.4 is 10.6 Å². The van der Waals surface area contributed by atoms with E-state index in [4.69, 9.17) is 0 Å². The molecule has 1 heterocycles. The van der Waals surface area contributed by atoms with Crippen LogP contribution in [0.2, 0.25) is 0 Å². The Bertz CT molecular complexity index is 851. The van der Waals surface area contributed by atoms with Crippen LogP contribution >= 0.6 is 0 Å². The van der Waals surface area contributed by atoms with Crippen LogP contribution in [-0.4, -0.2) is 17.4 Å². The average molecular weight is 349 g/mol. The highest BCUT2D eigenvalue weighted by atomic mass is 19.1. The minimum Gasteiger partial charge on any atom is -0.365 e. The molecular weight excluding hydrogens is 329 g/mol. The zero-order valence-corrected chi connectivity index (χ0v) is 14.3. The summed E-state index contributed by atoms with van der Waals surface area (Å²) in [5.41, 5.74) is 2.57. The predicted molar refractivity (Wildman–Crippen MR) is 100 cm³/mol. The van der Waals surface area contributed by atoms with Gasteiger partial charge in [-0.1, -0.05) is 42.5 Å². The molecule has 132 valence electrons. The number of pyridine rings is 1. The zero-order chi connectivity index (χ0) is 18.2. The second-order valence-electron chi connectivity index (χ2n) is 5.87. The molecular formula is C21H20FN3O. The highest BCUT2D eigenvalue weighted by molar-refractivity contribution is 5.98. The van der Waals surface area contributed by atoms with Crippen molar-refractivity contribution in [2.45, 2.75) is 13.0 Å². The van der Waals surface area contributed by atoms with Gasteiger partial charge in [0, 0.05) is 19.3 Å². The summed E-state index contributed by atoms with van der Waals surface area (Å²) in [7, 11) is 0. The van der Waals surface area contributed by atoms with E-state index in [0.29, 0.717) is 24.5 Å². The number of rotatable bonds is 7. The number of hydrogen-bond donors (Lipinski definition) is 2. The molecule has 26 heavy (non-hydrogen) atoms. The van der Waals surface area contributed by atoms with Gasteiger partial charge < -0.3 is 10.6 Å². The van der Waals surface area contributed by atoms with Crippen molar-refractivity contribution >= 4 is 11.7 Å². The first kappa shape index (κ1) is 17.6. The lowest BCUT2D eigenvalue weighted by atomic mass is 10.1. The topological polar surface area (TPSA) is 54.0 Å². The summed E-state index contributed by atoms with van der Waals surface area (Å²) in [6.45, 7) is 1.01. The van der Waals surface area contributed by atoms with Crippen LogP contribution in [0.15, 0.2) is 72.9 Å². The molecule has 3 aromatic rings. The smallest absolute Gasteiger partial charge is 0.255 e. The molecule has 0 saturated heterocycles. The summed E-state index contributed by atoms with van der Waals surface area (Å²) < 4.78 is 13.0. The van der Waals surface area contributed by atoms with Crippen LogP contribution in [0.25, 0.3) is 0 Å². The van der Waals surface area contributed by atoms with Gasteiger partial charge in [-0.05, 0) is 41.8 Å². The van der Waals surface area contributed by atoms with Crippen molar-refractivity contribution in [2.75, 3.05) is 11.9 Å². The van der Waals surface area contributed by atoms with Crippen molar-refractivity contribution in [2.24, 2.45) is 0 Å². The van der Waals surface area contributed by atoms with Crippen LogP contribution in [0, 0.1) is 5.82 Å². The Balaban J connectivity index is 1.58. The van der Waals surface area contributed by atoms with Crippen molar-refractivity contribution in [3.63, 3.8) is 0 Å². The van der Waals surface area contributed by atoms with Crippen molar-refractivity contribution < 1.29 is 9.18 Å². The Morgan fingerprint density at radius 2 is 1.69 bits per heavy atom. The number of nitrogens with one attached hydrogen (secondary N) is 2. The number of hydrogen-bond acceptors (Lipinski definition) is 3. The standard InChI is InChI=1S/C21H20FN3O/c22-18-10-8-17(9-11-18)15-25-20-19(7-4-13-23-20)21(26)24-14-12-16-5-2-1-3-6-16/h1-11,13H,12,14-15H2,(H,23,25)(H,24,26). The van der Waals surface area contributed by atoms with Crippen molar-refractivity contribution in [3.8, 4) is 0 Å². The third-order valence-electron chi connectivity index (χ3n) is 3.97. The Labute approximate surface area is 152 Å². The average Bonchev–Trinajstić information content (AvgIpc) is 2.68. The second-order valence-corrected chi connectivity index (χ2v) is 5.87. The lowest BCUT2D eigenvalue weighted by molar-refractivity contribution is 0.0954. The van der Waals surface area contributed by atoms with Gasteiger partial charge >= 0.3 is 0 Å². The summed E-state index contributed by atoms with van der Waals surface area (Å²) in [6.07, 6.45) is 2.40. The molecule has 0 spiro atoms. The van der Waals surface area contributed by atoms with Gasteiger partial charge in [-0.2, -0.15) is 0 Å². The second kappa shape index (κ2) is 8.76. The molecule has 0 radical (unpaired) electrons. The van der Waals surface area contributed by atoms with Crippen LogP contribution in [-0.2, 0) is 13.0 Å². The maximum absolute atomic E-state index is 13.0. The molecule has 5 heteroatoms. The molecule has 0 fully saturated rings. The molecule has 3 rings (SSSR count).